The minimum absolute atomic E-state index is 0.611. The number of aryl methyl sites for hydroxylation is 1. The lowest BCUT2D eigenvalue weighted by atomic mass is 10.1. The lowest BCUT2D eigenvalue weighted by Crippen LogP contribution is -2.03. The summed E-state index contributed by atoms with van der Waals surface area (Å²) in [7, 11) is 0. The fourth-order valence-corrected chi connectivity index (χ4v) is 1.99. The largest absolute Gasteiger partial charge is 0.192 e. The molecule has 0 N–H and O–H groups in total. The van der Waals surface area contributed by atoms with E-state index >= 15 is 0 Å². The van der Waals surface area contributed by atoms with E-state index in [0.29, 0.717) is 12.1 Å². The molecule has 0 fully saturated rings. The van der Waals surface area contributed by atoms with Crippen molar-refractivity contribution in [2.45, 2.75) is 13.5 Å². The molecule has 4 nitrogen and oxygen atoms in total. The molecule has 0 aliphatic rings. The van der Waals surface area contributed by atoms with E-state index in [0.717, 1.165) is 16.6 Å². The monoisotopic (exact) mass is 248 g/mol. The van der Waals surface area contributed by atoms with Crippen LogP contribution in [0.1, 0.15) is 16.7 Å². The minimum Gasteiger partial charge on any atom is -0.192 e. The van der Waals surface area contributed by atoms with Crippen LogP contribution in [0.3, 0.4) is 0 Å². The first-order chi connectivity index (χ1) is 9.24. The van der Waals surface area contributed by atoms with Gasteiger partial charge in [0.1, 0.15) is 11.0 Å². The first-order valence-electron chi connectivity index (χ1n) is 6.05. The second kappa shape index (κ2) is 4.54. The molecule has 0 amide bonds. The molecule has 1 aromatic heterocycles. The molecule has 0 saturated heterocycles. The maximum absolute atomic E-state index is 8.76. The Kier molecular flexibility index (Phi) is 2.73. The zero-order valence-electron chi connectivity index (χ0n) is 10.5. The molecule has 3 aromatic rings. The van der Waals surface area contributed by atoms with E-state index in [4.69, 9.17) is 5.26 Å². The normalized spacial score (nSPS) is 10.5. The van der Waals surface area contributed by atoms with Crippen LogP contribution in [0.2, 0.25) is 0 Å². The van der Waals surface area contributed by atoms with Crippen molar-refractivity contribution in [3.63, 3.8) is 0 Å². The van der Waals surface area contributed by atoms with Gasteiger partial charge in [-0.2, -0.15) is 20.3 Å². The van der Waals surface area contributed by atoms with Gasteiger partial charge in [-0.15, -0.1) is 0 Å². The van der Waals surface area contributed by atoms with Gasteiger partial charge in [0.25, 0.3) is 0 Å². The topological polar surface area (TPSA) is 54.5 Å². The number of hydrogen-bond acceptors (Lipinski definition) is 3. The number of nitrogens with zero attached hydrogens (tertiary/aromatic N) is 4. The highest BCUT2D eigenvalue weighted by atomic mass is 15.5. The van der Waals surface area contributed by atoms with Crippen LogP contribution in [0.25, 0.3) is 11.0 Å². The Morgan fingerprint density at radius 1 is 1.05 bits per heavy atom. The number of rotatable bonds is 2. The second-order valence-electron chi connectivity index (χ2n) is 4.53. The summed E-state index contributed by atoms with van der Waals surface area (Å²) in [5, 5.41) is 17.6. The maximum atomic E-state index is 8.76. The van der Waals surface area contributed by atoms with Crippen LogP contribution in [-0.2, 0) is 6.54 Å². The van der Waals surface area contributed by atoms with Crippen LogP contribution >= 0.6 is 0 Å². The van der Waals surface area contributed by atoms with E-state index < -0.39 is 0 Å². The molecule has 0 atom stereocenters. The molecule has 0 spiro atoms. The lowest BCUT2D eigenvalue weighted by Gasteiger charge is -1.99. The van der Waals surface area contributed by atoms with E-state index in [9.17, 15) is 0 Å². The molecule has 3 rings (SSSR count). The predicted molar refractivity (Wildman–Crippen MR) is 72.5 cm³/mol. The summed E-state index contributed by atoms with van der Waals surface area (Å²) in [6.07, 6.45) is 0. The van der Waals surface area contributed by atoms with Crippen LogP contribution in [0.5, 0.6) is 0 Å². The van der Waals surface area contributed by atoms with Gasteiger partial charge in [0, 0.05) is 0 Å². The van der Waals surface area contributed by atoms with Gasteiger partial charge in [-0.05, 0) is 42.3 Å². The van der Waals surface area contributed by atoms with Crippen LogP contribution < -0.4 is 0 Å². The van der Waals surface area contributed by atoms with E-state index in [1.54, 1.807) is 4.80 Å². The predicted octanol–water partition coefficient (Wildman–Crippen LogP) is 2.66. The van der Waals surface area contributed by atoms with Gasteiger partial charge in [-0.25, -0.2) is 0 Å². The number of fused-ring (bicyclic) bond motifs is 1. The smallest absolute Gasteiger partial charge is 0.113 e. The highest BCUT2D eigenvalue weighted by molar-refractivity contribution is 5.74. The van der Waals surface area contributed by atoms with Crippen molar-refractivity contribution in [2.75, 3.05) is 0 Å². The van der Waals surface area contributed by atoms with E-state index in [1.165, 1.54) is 5.56 Å². The van der Waals surface area contributed by atoms with Crippen LogP contribution in [0.4, 0.5) is 0 Å². The fourth-order valence-electron chi connectivity index (χ4n) is 1.99. The molecule has 0 radical (unpaired) electrons. The maximum Gasteiger partial charge on any atom is 0.113 e. The van der Waals surface area contributed by atoms with Crippen LogP contribution in [0.15, 0.2) is 42.5 Å². The zero-order chi connectivity index (χ0) is 13.2. The van der Waals surface area contributed by atoms with Crippen molar-refractivity contribution in [1.82, 2.24) is 15.0 Å². The Balaban J connectivity index is 1.90. The Morgan fingerprint density at radius 2 is 1.79 bits per heavy atom. The first-order valence-corrected chi connectivity index (χ1v) is 6.05. The van der Waals surface area contributed by atoms with Crippen molar-refractivity contribution < 1.29 is 0 Å². The summed E-state index contributed by atoms with van der Waals surface area (Å²) < 4.78 is 0. The lowest BCUT2D eigenvalue weighted by molar-refractivity contribution is 0.600. The molecular formula is C15H12N4. The molecule has 1 heterocycles. The molecule has 0 aliphatic carbocycles. The number of nitriles is 1. The summed E-state index contributed by atoms with van der Waals surface area (Å²) in [4.78, 5) is 1.69. The highest BCUT2D eigenvalue weighted by Gasteiger charge is 2.03. The molecular weight excluding hydrogens is 236 g/mol. The minimum atomic E-state index is 0.611. The summed E-state index contributed by atoms with van der Waals surface area (Å²) in [5.74, 6) is 0. The second-order valence-corrected chi connectivity index (χ2v) is 4.53. The zero-order valence-corrected chi connectivity index (χ0v) is 10.5. The van der Waals surface area contributed by atoms with Gasteiger partial charge in [-0.3, -0.25) is 0 Å². The summed E-state index contributed by atoms with van der Waals surface area (Å²) >= 11 is 0. The van der Waals surface area contributed by atoms with Crippen molar-refractivity contribution in [2.24, 2.45) is 0 Å². The molecule has 0 saturated carbocycles. The van der Waals surface area contributed by atoms with E-state index in [2.05, 4.69) is 16.3 Å². The van der Waals surface area contributed by atoms with Crippen molar-refractivity contribution >= 4 is 11.0 Å². The molecule has 0 aliphatic heterocycles. The summed E-state index contributed by atoms with van der Waals surface area (Å²) in [6, 6.07) is 15.6. The fraction of sp³-hybridized carbons (Fsp3) is 0.133. The average Bonchev–Trinajstić information content (AvgIpc) is 2.81. The van der Waals surface area contributed by atoms with Crippen LogP contribution in [-0.4, -0.2) is 15.0 Å². The van der Waals surface area contributed by atoms with Crippen molar-refractivity contribution in [3.8, 4) is 6.07 Å². The molecule has 19 heavy (non-hydrogen) atoms. The number of benzene rings is 2. The van der Waals surface area contributed by atoms with Crippen molar-refractivity contribution in [1.29, 1.82) is 5.26 Å². The first kappa shape index (κ1) is 11.4. The number of aromatic nitrogens is 3. The van der Waals surface area contributed by atoms with E-state index in [-0.39, 0.29) is 0 Å². The van der Waals surface area contributed by atoms with Crippen LogP contribution in [0, 0.1) is 18.3 Å². The Labute approximate surface area is 110 Å². The van der Waals surface area contributed by atoms with Gasteiger partial charge in [0.2, 0.25) is 0 Å². The number of hydrogen-bond donors (Lipinski definition) is 0. The third-order valence-corrected chi connectivity index (χ3v) is 2.98. The SMILES string of the molecule is Cc1ccc2nn(Cc3ccc(C#N)cc3)nc2c1. The third kappa shape index (κ3) is 2.31. The van der Waals surface area contributed by atoms with Crippen molar-refractivity contribution in [3.05, 3.63) is 59.2 Å². The van der Waals surface area contributed by atoms with Gasteiger partial charge >= 0.3 is 0 Å². The molecule has 0 unspecified atom stereocenters. The quantitative estimate of drug-likeness (QED) is 0.700. The van der Waals surface area contributed by atoms with Gasteiger partial charge in [0.05, 0.1) is 18.2 Å². The Bertz CT molecular complexity index is 763. The average molecular weight is 248 g/mol. The molecule has 4 heteroatoms. The Hall–Kier alpha value is -2.67. The van der Waals surface area contributed by atoms with E-state index in [1.807, 2.05) is 49.4 Å². The third-order valence-electron chi connectivity index (χ3n) is 2.98. The standard InChI is InChI=1S/C15H12N4/c1-11-2-7-14-15(8-11)18-19(17-14)10-13-5-3-12(9-16)4-6-13/h2-8H,10H2,1H3. The summed E-state index contributed by atoms with van der Waals surface area (Å²) in [5.41, 5.74) is 4.74. The van der Waals surface area contributed by atoms with Gasteiger partial charge in [0.15, 0.2) is 0 Å². The highest BCUT2D eigenvalue weighted by Crippen LogP contribution is 2.12. The summed E-state index contributed by atoms with van der Waals surface area (Å²) in [6.45, 7) is 2.65. The Morgan fingerprint density at radius 3 is 2.53 bits per heavy atom. The molecule has 2 aromatic carbocycles. The van der Waals surface area contributed by atoms with Gasteiger partial charge < -0.3 is 0 Å². The van der Waals surface area contributed by atoms with Gasteiger partial charge in [-0.1, -0.05) is 18.2 Å². The molecule has 0 bridgehead atoms. The molecule has 92 valence electrons.